The predicted molar refractivity (Wildman–Crippen MR) is 114 cm³/mol. The molecule has 1 heterocycles. The van der Waals surface area contributed by atoms with E-state index in [0.29, 0.717) is 6.54 Å². The molecule has 0 unspecified atom stereocenters. The summed E-state index contributed by atoms with van der Waals surface area (Å²) < 4.78 is 12.9. The molecule has 0 atom stereocenters. The second-order valence-corrected chi connectivity index (χ2v) is 7.46. The van der Waals surface area contributed by atoms with Crippen molar-refractivity contribution in [2.45, 2.75) is 26.1 Å². The van der Waals surface area contributed by atoms with Crippen LogP contribution in [-0.2, 0) is 26.1 Å². The lowest BCUT2D eigenvalue weighted by molar-refractivity contribution is 0.231. The highest BCUT2D eigenvalue weighted by Gasteiger charge is 2.21. The van der Waals surface area contributed by atoms with Crippen molar-refractivity contribution in [3.8, 4) is 0 Å². The van der Waals surface area contributed by atoms with Crippen molar-refractivity contribution in [1.82, 2.24) is 4.90 Å². The molecule has 0 saturated carbocycles. The van der Waals surface area contributed by atoms with Crippen molar-refractivity contribution in [3.63, 3.8) is 0 Å². The van der Waals surface area contributed by atoms with Gasteiger partial charge in [0.1, 0.15) is 6.67 Å². The van der Waals surface area contributed by atoms with Gasteiger partial charge in [0.25, 0.3) is 0 Å². The molecule has 3 aromatic carbocycles. The number of hydrogen-bond donors (Lipinski definition) is 0. The predicted octanol–water partition coefficient (Wildman–Crippen LogP) is 5.22. The summed E-state index contributed by atoms with van der Waals surface area (Å²) in [7, 11) is 0. The van der Waals surface area contributed by atoms with Gasteiger partial charge in [-0.2, -0.15) is 0 Å². The molecule has 0 aliphatic carbocycles. The molecular weight excluding hydrogens is 347 g/mol. The fraction of sp³-hybridized carbons (Fsp3) is 0.280. The number of halogens is 1. The monoisotopic (exact) mass is 374 g/mol. The highest BCUT2D eigenvalue weighted by molar-refractivity contribution is 5.58. The highest BCUT2D eigenvalue weighted by atomic mass is 19.1. The molecule has 0 bridgehead atoms. The summed E-state index contributed by atoms with van der Waals surface area (Å²) in [6.07, 6.45) is 0.994. The van der Waals surface area contributed by atoms with Crippen LogP contribution < -0.4 is 4.90 Å². The Labute approximate surface area is 167 Å². The van der Waals surface area contributed by atoms with Crippen molar-refractivity contribution in [2.24, 2.45) is 0 Å². The van der Waals surface area contributed by atoms with Crippen LogP contribution in [0.5, 0.6) is 0 Å². The lowest BCUT2D eigenvalue weighted by Gasteiger charge is -2.34. The molecule has 1 aliphatic rings. The van der Waals surface area contributed by atoms with E-state index >= 15 is 0 Å². The number of rotatable bonds is 7. The first-order chi connectivity index (χ1) is 13.8. The van der Waals surface area contributed by atoms with Crippen molar-refractivity contribution >= 4 is 5.69 Å². The Hall–Kier alpha value is -2.65. The quantitative estimate of drug-likeness (QED) is 0.559. The Morgan fingerprint density at radius 2 is 1.43 bits per heavy atom. The zero-order valence-electron chi connectivity index (χ0n) is 16.2. The largest absolute Gasteiger partial charge is 0.363 e. The van der Waals surface area contributed by atoms with Gasteiger partial charge in [-0.1, -0.05) is 72.8 Å². The third-order valence-corrected chi connectivity index (χ3v) is 5.50. The van der Waals surface area contributed by atoms with Crippen LogP contribution >= 0.6 is 0 Å². The second-order valence-electron chi connectivity index (χ2n) is 7.46. The van der Waals surface area contributed by atoms with Gasteiger partial charge in [-0.25, -0.2) is 4.39 Å². The topological polar surface area (TPSA) is 6.48 Å². The minimum atomic E-state index is -0.282. The smallest absolute Gasteiger partial charge is 0.102 e. The molecule has 1 aliphatic heterocycles. The molecule has 0 aromatic heterocycles. The number of nitrogens with zero attached hydrogens (tertiary/aromatic N) is 2. The summed E-state index contributed by atoms with van der Waals surface area (Å²) in [4.78, 5) is 4.69. The van der Waals surface area contributed by atoms with E-state index in [1.165, 1.54) is 27.9 Å². The SMILES string of the molecule is FCCN1CCc2cccc(N(Cc3ccccc3)Cc3ccccc3)c2C1. The van der Waals surface area contributed by atoms with Gasteiger partial charge in [0.05, 0.1) is 0 Å². The lowest BCUT2D eigenvalue weighted by Crippen LogP contribution is -2.34. The summed E-state index contributed by atoms with van der Waals surface area (Å²) in [5.41, 5.74) is 6.63. The van der Waals surface area contributed by atoms with Crippen LogP contribution in [0.25, 0.3) is 0 Å². The minimum absolute atomic E-state index is 0.282. The Morgan fingerprint density at radius 1 is 0.786 bits per heavy atom. The van der Waals surface area contributed by atoms with E-state index in [1.807, 2.05) is 0 Å². The number of benzene rings is 3. The fourth-order valence-corrected chi connectivity index (χ4v) is 4.06. The maximum Gasteiger partial charge on any atom is 0.102 e. The van der Waals surface area contributed by atoms with Gasteiger partial charge in [-0.05, 0) is 34.7 Å². The van der Waals surface area contributed by atoms with Crippen LogP contribution in [0.4, 0.5) is 10.1 Å². The first-order valence-electron chi connectivity index (χ1n) is 10.1. The molecule has 3 heteroatoms. The van der Waals surface area contributed by atoms with Crippen LogP contribution in [0.1, 0.15) is 22.3 Å². The standard InChI is InChI=1S/C25H27FN2/c26-15-17-27-16-14-23-12-7-13-25(24(23)20-27)28(18-21-8-3-1-4-9-21)19-22-10-5-2-6-11-22/h1-13H,14-20H2. The Balaban J connectivity index is 1.68. The van der Waals surface area contributed by atoms with E-state index in [1.54, 1.807) is 0 Å². The van der Waals surface area contributed by atoms with Crippen molar-refractivity contribution < 1.29 is 4.39 Å². The molecule has 2 nitrogen and oxygen atoms in total. The van der Waals surface area contributed by atoms with Crippen molar-refractivity contribution in [2.75, 3.05) is 24.7 Å². The van der Waals surface area contributed by atoms with Gasteiger partial charge in [-0.15, -0.1) is 0 Å². The van der Waals surface area contributed by atoms with Crippen LogP contribution in [0, 0.1) is 0 Å². The van der Waals surface area contributed by atoms with Gasteiger partial charge in [0.2, 0.25) is 0 Å². The zero-order valence-corrected chi connectivity index (χ0v) is 16.2. The van der Waals surface area contributed by atoms with E-state index < -0.39 is 0 Å². The van der Waals surface area contributed by atoms with E-state index in [9.17, 15) is 4.39 Å². The third-order valence-electron chi connectivity index (χ3n) is 5.50. The van der Waals surface area contributed by atoms with E-state index in [2.05, 4.69) is 88.7 Å². The first kappa shape index (κ1) is 18.7. The average molecular weight is 375 g/mol. The van der Waals surface area contributed by atoms with E-state index in [0.717, 1.165) is 32.6 Å². The first-order valence-corrected chi connectivity index (χ1v) is 10.1. The molecule has 0 spiro atoms. The van der Waals surface area contributed by atoms with Crippen LogP contribution in [-0.4, -0.2) is 24.7 Å². The van der Waals surface area contributed by atoms with Crippen LogP contribution in [0.15, 0.2) is 78.9 Å². The zero-order chi connectivity index (χ0) is 19.2. The molecule has 0 saturated heterocycles. The van der Waals surface area contributed by atoms with Gasteiger partial charge in [0, 0.05) is 38.4 Å². The van der Waals surface area contributed by atoms with Crippen LogP contribution in [0.3, 0.4) is 0 Å². The van der Waals surface area contributed by atoms with Gasteiger partial charge in [-0.3, -0.25) is 4.90 Å². The number of fused-ring (bicyclic) bond motifs is 1. The summed E-state index contributed by atoms with van der Waals surface area (Å²) in [5, 5.41) is 0. The normalized spacial score (nSPS) is 13.9. The second kappa shape index (κ2) is 9.03. The number of anilines is 1. The summed E-state index contributed by atoms with van der Waals surface area (Å²) in [6, 6.07) is 27.9. The van der Waals surface area contributed by atoms with Crippen molar-refractivity contribution in [3.05, 3.63) is 101 Å². The average Bonchev–Trinajstić information content (AvgIpc) is 2.75. The molecule has 0 amide bonds. The molecular formula is C25H27FN2. The highest BCUT2D eigenvalue weighted by Crippen LogP contribution is 2.31. The van der Waals surface area contributed by atoms with E-state index in [4.69, 9.17) is 0 Å². The van der Waals surface area contributed by atoms with Crippen molar-refractivity contribution in [1.29, 1.82) is 0 Å². The molecule has 4 rings (SSSR count). The van der Waals surface area contributed by atoms with Gasteiger partial charge < -0.3 is 4.90 Å². The number of hydrogen-bond acceptors (Lipinski definition) is 2. The van der Waals surface area contributed by atoms with Gasteiger partial charge >= 0.3 is 0 Å². The maximum atomic E-state index is 12.9. The van der Waals surface area contributed by atoms with E-state index in [-0.39, 0.29) is 6.67 Å². The molecule has 144 valence electrons. The Bertz CT molecular complexity index is 838. The Morgan fingerprint density at radius 3 is 2.04 bits per heavy atom. The molecule has 28 heavy (non-hydrogen) atoms. The van der Waals surface area contributed by atoms with Crippen LogP contribution in [0.2, 0.25) is 0 Å². The lowest BCUT2D eigenvalue weighted by atomic mass is 9.96. The molecule has 0 radical (unpaired) electrons. The molecule has 0 N–H and O–H groups in total. The number of alkyl halides is 1. The summed E-state index contributed by atoms with van der Waals surface area (Å²) >= 11 is 0. The van der Waals surface area contributed by atoms with Gasteiger partial charge in [0.15, 0.2) is 0 Å². The third kappa shape index (κ3) is 4.42. The maximum absolute atomic E-state index is 12.9. The minimum Gasteiger partial charge on any atom is -0.363 e. The fourth-order valence-electron chi connectivity index (χ4n) is 4.06. The molecule has 0 fully saturated rings. The Kier molecular flexibility index (Phi) is 6.03. The molecule has 3 aromatic rings. The summed E-state index contributed by atoms with van der Waals surface area (Å²) in [5.74, 6) is 0. The summed E-state index contributed by atoms with van der Waals surface area (Å²) in [6.45, 7) is 3.72.